The highest BCUT2D eigenvalue weighted by Gasteiger charge is 2.20. The molecule has 1 aromatic heterocycles. The quantitative estimate of drug-likeness (QED) is 0.897. The molecule has 1 N–H and O–H groups in total. The summed E-state index contributed by atoms with van der Waals surface area (Å²) in [6.07, 6.45) is 0.115. The first-order valence-corrected chi connectivity index (χ1v) is 7.09. The van der Waals surface area contributed by atoms with Crippen molar-refractivity contribution in [3.05, 3.63) is 21.9 Å². The zero-order valence-corrected chi connectivity index (χ0v) is 11.8. The van der Waals surface area contributed by atoms with Gasteiger partial charge < -0.3 is 10.1 Å². The highest BCUT2D eigenvalue weighted by atomic mass is 32.1. The first-order chi connectivity index (χ1) is 8.63. The second-order valence-corrected chi connectivity index (χ2v) is 6.05. The number of hydrogen-bond acceptors (Lipinski definition) is 4. The molecule has 1 fully saturated rings. The summed E-state index contributed by atoms with van der Waals surface area (Å²) in [6.45, 7) is 7.86. The minimum absolute atomic E-state index is 0.00426. The molecule has 1 aromatic rings. The largest absolute Gasteiger partial charge is 0.374 e. The lowest BCUT2D eigenvalue weighted by molar-refractivity contribution is -0.120. The van der Waals surface area contributed by atoms with Crippen molar-refractivity contribution >= 4 is 17.2 Å². The van der Waals surface area contributed by atoms with Gasteiger partial charge in [0.05, 0.1) is 12.7 Å². The Hall–Kier alpha value is -0.910. The van der Waals surface area contributed by atoms with E-state index in [1.165, 1.54) is 16.7 Å². The van der Waals surface area contributed by atoms with Gasteiger partial charge in [-0.2, -0.15) is 0 Å². The normalized spacial score (nSPS) is 20.9. The molecule has 1 aliphatic rings. The van der Waals surface area contributed by atoms with Crippen molar-refractivity contribution < 1.29 is 9.53 Å². The van der Waals surface area contributed by atoms with Gasteiger partial charge in [-0.1, -0.05) is 0 Å². The number of nitrogens with one attached hydrogen (secondary N) is 1. The van der Waals surface area contributed by atoms with Gasteiger partial charge in [0.15, 0.2) is 0 Å². The SMILES string of the molecule is CC(=O)NCC1CN(Cc2ccc(C)s2)CCO1. The Bertz CT molecular complexity index is 405. The molecule has 0 bridgehead atoms. The molecule has 0 radical (unpaired) electrons. The number of aryl methyl sites for hydroxylation is 1. The summed E-state index contributed by atoms with van der Waals surface area (Å²) in [7, 11) is 0. The van der Waals surface area contributed by atoms with Crippen molar-refractivity contribution in [3.63, 3.8) is 0 Å². The summed E-state index contributed by atoms with van der Waals surface area (Å²) in [6, 6.07) is 4.35. The van der Waals surface area contributed by atoms with E-state index in [0.29, 0.717) is 6.54 Å². The molecule has 0 aliphatic carbocycles. The molecule has 1 atom stereocenters. The Morgan fingerprint density at radius 1 is 1.61 bits per heavy atom. The van der Waals surface area contributed by atoms with Crippen molar-refractivity contribution in [3.8, 4) is 0 Å². The van der Waals surface area contributed by atoms with E-state index in [9.17, 15) is 4.79 Å². The van der Waals surface area contributed by atoms with E-state index in [2.05, 4.69) is 29.3 Å². The van der Waals surface area contributed by atoms with Crippen molar-refractivity contribution in [1.29, 1.82) is 0 Å². The van der Waals surface area contributed by atoms with Crippen LogP contribution in [0.1, 0.15) is 16.7 Å². The van der Waals surface area contributed by atoms with Gasteiger partial charge in [0.2, 0.25) is 5.91 Å². The molecular weight excluding hydrogens is 248 g/mol. The van der Waals surface area contributed by atoms with Crippen LogP contribution in [0, 0.1) is 6.92 Å². The minimum atomic E-state index is 0.00426. The molecule has 4 nitrogen and oxygen atoms in total. The second-order valence-electron chi connectivity index (χ2n) is 4.68. The number of nitrogens with zero attached hydrogens (tertiary/aromatic N) is 1. The number of carbonyl (C=O) groups is 1. The third-order valence-corrected chi connectivity index (χ3v) is 3.96. The minimum Gasteiger partial charge on any atom is -0.374 e. The van der Waals surface area contributed by atoms with Gasteiger partial charge in [0.1, 0.15) is 0 Å². The number of thiophene rings is 1. The molecule has 18 heavy (non-hydrogen) atoms. The molecule has 0 spiro atoms. The van der Waals surface area contributed by atoms with E-state index in [1.54, 1.807) is 0 Å². The van der Waals surface area contributed by atoms with Crippen LogP contribution in [0.25, 0.3) is 0 Å². The maximum absolute atomic E-state index is 10.9. The lowest BCUT2D eigenvalue weighted by Gasteiger charge is -2.32. The van der Waals surface area contributed by atoms with E-state index >= 15 is 0 Å². The third-order valence-electron chi connectivity index (χ3n) is 2.98. The molecule has 2 rings (SSSR count). The Kier molecular flexibility index (Phi) is 4.74. The van der Waals surface area contributed by atoms with Gasteiger partial charge >= 0.3 is 0 Å². The highest BCUT2D eigenvalue weighted by molar-refractivity contribution is 7.11. The topological polar surface area (TPSA) is 41.6 Å². The Morgan fingerprint density at radius 3 is 3.11 bits per heavy atom. The number of hydrogen-bond donors (Lipinski definition) is 1. The Morgan fingerprint density at radius 2 is 2.44 bits per heavy atom. The lowest BCUT2D eigenvalue weighted by atomic mass is 10.2. The fraction of sp³-hybridized carbons (Fsp3) is 0.615. The van der Waals surface area contributed by atoms with Crippen LogP contribution in [0.5, 0.6) is 0 Å². The predicted octanol–water partition coefficient (Wildman–Crippen LogP) is 1.39. The van der Waals surface area contributed by atoms with E-state index in [4.69, 9.17) is 4.74 Å². The zero-order valence-electron chi connectivity index (χ0n) is 10.9. The summed E-state index contributed by atoms with van der Waals surface area (Å²) < 4.78 is 5.65. The molecule has 100 valence electrons. The fourth-order valence-electron chi connectivity index (χ4n) is 2.10. The number of ether oxygens (including phenoxy) is 1. The smallest absolute Gasteiger partial charge is 0.216 e. The Labute approximate surface area is 112 Å². The molecule has 2 heterocycles. The van der Waals surface area contributed by atoms with E-state index in [1.807, 2.05) is 11.3 Å². The molecule has 1 unspecified atom stereocenters. The van der Waals surface area contributed by atoms with Crippen LogP contribution < -0.4 is 5.32 Å². The number of rotatable bonds is 4. The van der Waals surface area contributed by atoms with E-state index in [-0.39, 0.29) is 12.0 Å². The van der Waals surface area contributed by atoms with Gasteiger partial charge in [-0.05, 0) is 19.1 Å². The summed E-state index contributed by atoms with van der Waals surface area (Å²) >= 11 is 1.85. The van der Waals surface area contributed by atoms with Crippen LogP contribution in [0.2, 0.25) is 0 Å². The molecule has 1 aliphatic heterocycles. The second kappa shape index (κ2) is 6.31. The van der Waals surface area contributed by atoms with Crippen molar-refractivity contribution in [1.82, 2.24) is 10.2 Å². The summed E-state index contributed by atoms with van der Waals surface area (Å²) in [4.78, 5) is 16.0. The van der Waals surface area contributed by atoms with Crippen molar-refractivity contribution in [2.75, 3.05) is 26.2 Å². The molecule has 1 amide bonds. The van der Waals surface area contributed by atoms with Crippen LogP contribution >= 0.6 is 11.3 Å². The van der Waals surface area contributed by atoms with Crippen LogP contribution in [0.4, 0.5) is 0 Å². The number of morpholine rings is 1. The van der Waals surface area contributed by atoms with Crippen molar-refractivity contribution in [2.24, 2.45) is 0 Å². The standard InChI is InChI=1S/C13H20N2O2S/c1-10-3-4-13(18-10)9-15-5-6-17-12(8-15)7-14-11(2)16/h3-4,12H,5-9H2,1-2H3,(H,14,16). The third kappa shape index (κ3) is 4.08. The summed E-state index contributed by atoms with van der Waals surface area (Å²) in [5.74, 6) is 0.00426. The maximum Gasteiger partial charge on any atom is 0.216 e. The van der Waals surface area contributed by atoms with Crippen molar-refractivity contribution in [2.45, 2.75) is 26.5 Å². The maximum atomic E-state index is 10.9. The van der Waals surface area contributed by atoms with Crippen LogP contribution in [-0.2, 0) is 16.1 Å². The molecule has 0 saturated carbocycles. The van der Waals surface area contributed by atoms with E-state index < -0.39 is 0 Å². The first-order valence-electron chi connectivity index (χ1n) is 6.27. The molecule has 0 aromatic carbocycles. The number of carbonyl (C=O) groups excluding carboxylic acids is 1. The van der Waals surface area contributed by atoms with E-state index in [0.717, 1.165) is 26.2 Å². The summed E-state index contributed by atoms with van der Waals surface area (Å²) in [5, 5.41) is 2.82. The Balaban J connectivity index is 1.81. The average molecular weight is 268 g/mol. The number of amides is 1. The van der Waals surface area contributed by atoms with Gasteiger partial charge in [-0.15, -0.1) is 11.3 Å². The first kappa shape index (κ1) is 13.5. The van der Waals surface area contributed by atoms with Gasteiger partial charge in [-0.25, -0.2) is 0 Å². The summed E-state index contributed by atoms with van der Waals surface area (Å²) in [5.41, 5.74) is 0. The predicted molar refractivity (Wildman–Crippen MR) is 72.8 cm³/mol. The van der Waals surface area contributed by atoms with Crippen LogP contribution in [0.3, 0.4) is 0 Å². The monoisotopic (exact) mass is 268 g/mol. The fourth-order valence-corrected chi connectivity index (χ4v) is 3.03. The highest BCUT2D eigenvalue weighted by Crippen LogP contribution is 2.18. The lowest BCUT2D eigenvalue weighted by Crippen LogP contribution is -2.46. The van der Waals surface area contributed by atoms with Gasteiger partial charge in [0, 0.05) is 42.9 Å². The molecular formula is C13H20N2O2S. The molecule has 5 heteroatoms. The zero-order chi connectivity index (χ0) is 13.0. The van der Waals surface area contributed by atoms with Gasteiger partial charge in [0.25, 0.3) is 0 Å². The molecule has 1 saturated heterocycles. The van der Waals surface area contributed by atoms with Crippen LogP contribution in [-0.4, -0.2) is 43.2 Å². The van der Waals surface area contributed by atoms with Gasteiger partial charge in [-0.3, -0.25) is 9.69 Å². The average Bonchev–Trinajstić information content (AvgIpc) is 2.73. The van der Waals surface area contributed by atoms with Crippen LogP contribution in [0.15, 0.2) is 12.1 Å².